The third-order valence-electron chi connectivity index (χ3n) is 0.543. The highest BCUT2D eigenvalue weighted by atomic mass is 32.1. The molecule has 0 aliphatic heterocycles. The van der Waals surface area contributed by atoms with E-state index in [-0.39, 0.29) is 0 Å². The Labute approximate surface area is 59.1 Å². The lowest BCUT2D eigenvalue weighted by Crippen LogP contribution is -1.84. The highest BCUT2D eigenvalue weighted by Gasteiger charge is 1.88. The summed E-state index contributed by atoms with van der Waals surface area (Å²) in [6.45, 7) is 5.87. The number of nitrogen functional groups attached to an aromatic ring is 1. The van der Waals surface area contributed by atoms with E-state index in [1.807, 2.05) is 20.8 Å². The van der Waals surface area contributed by atoms with Crippen LogP contribution in [-0.4, -0.2) is 9.36 Å². The molecule has 0 unspecified atom stereocenters. The van der Waals surface area contributed by atoms with Gasteiger partial charge in [0, 0.05) is 0 Å². The van der Waals surface area contributed by atoms with Crippen LogP contribution >= 0.6 is 11.5 Å². The normalized spacial score (nSPS) is 7.89. The second kappa shape index (κ2) is 4.26. The number of anilines is 1. The molecule has 3 nitrogen and oxygen atoms in total. The van der Waals surface area contributed by atoms with Gasteiger partial charge in [-0.1, -0.05) is 13.8 Å². The third-order valence-corrected chi connectivity index (χ3v) is 1.18. The second-order valence-corrected chi connectivity index (χ2v) is 2.13. The molecule has 0 aliphatic carbocycles. The summed E-state index contributed by atoms with van der Waals surface area (Å²) in [5.74, 6) is 0.377. The zero-order valence-electron chi connectivity index (χ0n) is 5.88. The molecule has 0 atom stereocenters. The maximum atomic E-state index is 5.17. The average molecular weight is 145 g/mol. The van der Waals surface area contributed by atoms with Gasteiger partial charge in [-0.15, -0.1) is 0 Å². The molecular formula is C5H11N3S. The summed E-state index contributed by atoms with van der Waals surface area (Å²) in [5, 5.41) is 0.914. The summed E-state index contributed by atoms with van der Waals surface area (Å²) in [4.78, 5) is 3.80. The predicted molar refractivity (Wildman–Crippen MR) is 40.4 cm³/mol. The Morgan fingerprint density at radius 2 is 2.00 bits per heavy atom. The van der Waals surface area contributed by atoms with Crippen LogP contribution in [0.3, 0.4) is 0 Å². The topological polar surface area (TPSA) is 51.8 Å². The molecule has 0 aliphatic rings. The zero-order chi connectivity index (χ0) is 7.28. The first-order valence-corrected chi connectivity index (χ1v) is 3.62. The molecule has 0 radical (unpaired) electrons. The highest BCUT2D eigenvalue weighted by Crippen LogP contribution is 2.01. The van der Waals surface area contributed by atoms with Crippen molar-refractivity contribution in [2.75, 3.05) is 5.73 Å². The van der Waals surface area contributed by atoms with Crippen molar-refractivity contribution in [3.05, 3.63) is 5.01 Å². The van der Waals surface area contributed by atoms with E-state index in [2.05, 4.69) is 9.36 Å². The third kappa shape index (κ3) is 3.03. The van der Waals surface area contributed by atoms with E-state index < -0.39 is 0 Å². The SMILES string of the molecule is CC.Cc1nc(N)ns1. The first-order valence-electron chi connectivity index (χ1n) is 2.85. The van der Waals surface area contributed by atoms with Crippen LogP contribution in [0.1, 0.15) is 18.9 Å². The van der Waals surface area contributed by atoms with Crippen LogP contribution in [0.2, 0.25) is 0 Å². The van der Waals surface area contributed by atoms with E-state index in [0.717, 1.165) is 5.01 Å². The minimum atomic E-state index is 0.377. The van der Waals surface area contributed by atoms with E-state index in [0.29, 0.717) is 5.95 Å². The lowest BCUT2D eigenvalue weighted by atomic mass is 10.8. The molecule has 2 N–H and O–H groups in total. The molecule has 0 saturated heterocycles. The maximum Gasteiger partial charge on any atom is 0.232 e. The Morgan fingerprint density at radius 3 is 2.11 bits per heavy atom. The van der Waals surface area contributed by atoms with Crippen LogP contribution in [0.4, 0.5) is 5.95 Å². The summed E-state index contributed by atoms with van der Waals surface area (Å²) >= 11 is 1.32. The molecule has 0 aromatic carbocycles. The van der Waals surface area contributed by atoms with Gasteiger partial charge in [0.15, 0.2) is 0 Å². The summed E-state index contributed by atoms with van der Waals surface area (Å²) in [7, 11) is 0. The number of aromatic nitrogens is 2. The lowest BCUT2D eigenvalue weighted by Gasteiger charge is -1.69. The molecule has 1 aromatic rings. The molecule has 1 heterocycles. The fourth-order valence-electron chi connectivity index (χ4n) is 0.315. The molecule has 0 bridgehead atoms. The summed E-state index contributed by atoms with van der Waals surface area (Å²) < 4.78 is 3.72. The molecule has 0 fully saturated rings. The van der Waals surface area contributed by atoms with Gasteiger partial charge in [-0.3, -0.25) is 0 Å². The van der Waals surface area contributed by atoms with Gasteiger partial charge in [0.05, 0.1) is 0 Å². The predicted octanol–water partition coefficient (Wildman–Crippen LogP) is 1.45. The Kier molecular flexibility index (Phi) is 3.96. The monoisotopic (exact) mass is 145 g/mol. The van der Waals surface area contributed by atoms with Gasteiger partial charge in [0.2, 0.25) is 5.95 Å². The maximum absolute atomic E-state index is 5.17. The minimum Gasteiger partial charge on any atom is -0.367 e. The molecule has 9 heavy (non-hydrogen) atoms. The Balaban J connectivity index is 0.000000291. The van der Waals surface area contributed by atoms with E-state index in [1.54, 1.807) is 0 Å². The minimum absolute atomic E-state index is 0.377. The van der Waals surface area contributed by atoms with E-state index in [1.165, 1.54) is 11.5 Å². The fraction of sp³-hybridized carbons (Fsp3) is 0.600. The first-order chi connectivity index (χ1) is 4.29. The van der Waals surface area contributed by atoms with Crippen LogP contribution in [0.15, 0.2) is 0 Å². The molecule has 0 spiro atoms. The molecule has 0 amide bonds. The number of hydrogen-bond donors (Lipinski definition) is 1. The molecule has 52 valence electrons. The Morgan fingerprint density at radius 1 is 1.44 bits per heavy atom. The van der Waals surface area contributed by atoms with Crippen LogP contribution in [0.5, 0.6) is 0 Å². The number of aryl methyl sites for hydroxylation is 1. The van der Waals surface area contributed by atoms with Crippen molar-refractivity contribution in [1.82, 2.24) is 9.36 Å². The van der Waals surface area contributed by atoms with Gasteiger partial charge in [0.1, 0.15) is 5.01 Å². The van der Waals surface area contributed by atoms with Gasteiger partial charge < -0.3 is 5.73 Å². The Hall–Kier alpha value is -0.640. The molecule has 1 rings (SSSR count). The van der Waals surface area contributed by atoms with Gasteiger partial charge in [0.25, 0.3) is 0 Å². The van der Waals surface area contributed by atoms with Crippen molar-refractivity contribution in [3.63, 3.8) is 0 Å². The van der Waals surface area contributed by atoms with Crippen molar-refractivity contribution in [2.45, 2.75) is 20.8 Å². The van der Waals surface area contributed by atoms with E-state index in [9.17, 15) is 0 Å². The summed E-state index contributed by atoms with van der Waals surface area (Å²) in [6, 6.07) is 0. The van der Waals surface area contributed by atoms with Crippen LogP contribution in [0, 0.1) is 6.92 Å². The zero-order valence-corrected chi connectivity index (χ0v) is 6.70. The van der Waals surface area contributed by atoms with Gasteiger partial charge in [-0.2, -0.15) is 4.37 Å². The lowest BCUT2D eigenvalue weighted by molar-refractivity contribution is 1.27. The summed E-state index contributed by atoms with van der Waals surface area (Å²) in [6.07, 6.45) is 0. The van der Waals surface area contributed by atoms with Crippen molar-refractivity contribution in [1.29, 1.82) is 0 Å². The largest absolute Gasteiger partial charge is 0.367 e. The fourth-order valence-corrected chi connectivity index (χ4v) is 0.716. The number of nitrogens with zero attached hydrogens (tertiary/aromatic N) is 2. The van der Waals surface area contributed by atoms with Crippen molar-refractivity contribution >= 4 is 17.5 Å². The standard InChI is InChI=1S/C3H5N3S.C2H6/c1-2-5-3(4)6-7-2;1-2/h1H3,(H2,4,6);1-2H3. The molecular weight excluding hydrogens is 134 g/mol. The second-order valence-electron chi connectivity index (χ2n) is 1.17. The van der Waals surface area contributed by atoms with Crippen molar-refractivity contribution in [3.8, 4) is 0 Å². The van der Waals surface area contributed by atoms with Gasteiger partial charge in [-0.25, -0.2) is 4.98 Å². The number of rotatable bonds is 0. The van der Waals surface area contributed by atoms with E-state index in [4.69, 9.17) is 5.73 Å². The smallest absolute Gasteiger partial charge is 0.232 e. The van der Waals surface area contributed by atoms with Crippen molar-refractivity contribution in [2.24, 2.45) is 0 Å². The van der Waals surface area contributed by atoms with Crippen LogP contribution < -0.4 is 5.73 Å². The van der Waals surface area contributed by atoms with E-state index >= 15 is 0 Å². The highest BCUT2D eigenvalue weighted by molar-refractivity contribution is 7.05. The van der Waals surface area contributed by atoms with Crippen LogP contribution in [-0.2, 0) is 0 Å². The van der Waals surface area contributed by atoms with Gasteiger partial charge >= 0.3 is 0 Å². The van der Waals surface area contributed by atoms with Crippen molar-refractivity contribution < 1.29 is 0 Å². The summed E-state index contributed by atoms with van der Waals surface area (Å²) in [5.41, 5.74) is 5.17. The van der Waals surface area contributed by atoms with Crippen LogP contribution in [0.25, 0.3) is 0 Å². The molecule has 0 saturated carbocycles. The van der Waals surface area contributed by atoms with Gasteiger partial charge in [-0.05, 0) is 18.5 Å². The molecule has 1 aromatic heterocycles. The number of hydrogen-bond acceptors (Lipinski definition) is 4. The Bertz CT molecular complexity index is 144. The number of nitrogens with two attached hydrogens (primary N) is 1. The average Bonchev–Trinajstić information content (AvgIpc) is 2.20. The first kappa shape index (κ1) is 8.36. The quantitative estimate of drug-likeness (QED) is 0.601. The molecule has 4 heteroatoms.